The van der Waals surface area contributed by atoms with Crippen LogP contribution in [0.15, 0.2) is 0 Å². The molecule has 2 fully saturated rings. The van der Waals surface area contributed by atoms with Crippen molar-refractivity contribution in [1.29, 1.82) is 0 Å². The zero-order valence-corrected chi connectivity index (χ0v) is 11.8. The number of carbonyl (C=O) groups is 1. The molecule has 1 amide bonds. The first-order valence-corrected chi connectivity index (χ1v) is 7.81. The van der Waals surface area contributed by atoms with Crippen LogP contribution in [0, 0.1) is 5.92 Å². The van der Waals surface area contributed by atoms with Gasteiger partial charge in [0.1, 0.15) is 10.6 Å². The molecule has 2 aliphatic carbocycles. The molecule has 0 spiro atoms. The molecule has 5 nitrogen and oxygen atoms in total. The number of nitrogen functional groups attached to an aromatic ring is 1. The number of nitrogens with two attached hydrogens (primary N) is 1. The summed E-state index contributed by atoms with van der Waals surface area (Å²) >= 11 is 1.28. The number of carbonyl (C=O) groups excluding carboxylic acids is 1. The van der Waals surface area contributed by atoms with Crippen molar-refractivity contribution in [3.63, 3.8) is 0 Å². The van der Waals surface area contributed by atoms with Crippen molar-refractivity contribution in [3.05, 3.63) is 5.56 Å². The monoisotopic (exact) mass is 280 g/mol. The van der Waals surface area contributed by atoms with Crippen LogP contribution >= 0.6 is 11.5 Å². The topological polar surface area (TPSA) is 80.0 Å². The average Bonchev–Trinajstić information content (AvgIpc) is 3.05. The Kier molecular flexibility index (Phi) is 3.59. The summed E-state index contributed by atoms with van der Waals surface area (Å²) in [5, 5.41) is 7.10. The summed E-state index contributed by atoms with van der Waals surface area (Å²) in [6, 6.07) is 0.342. The zero-order valence-electron chi connectivity index (χ0n) is 10.9. The number of amides is 1. The molecule has 0 bridgehead atoms. The normalized spacial score (nSPS) is 18.9. The second-order valence-corrected chi connectivity index (χ2v) is 6.31. The van der Waals surface area contributed by atoms with Crippen molar-refractivity contribution in [2.24, 2.45) is 5.92 Å². The summed E-state index contributed by atoms with van der Waals surface area (Å²) in [6.07, 6.45) is 7.39. The van der Waals surface area contributed by atoms with Crippen LogP contribution < -0.4 is 16.4 Å². The number of aromatic nitrogens is 1. The van der Waals surface area contributed by atoms with Gasteiger partial charge in [-0.15, -0.1) is 0 Å². The standard InChI is InChI=1S/C13H20N4OS/c14-11-10(12(18)16-9-4-5-9)13(19-17-11)15-7-6-8-2-1-3-8/h8-9,15H,1-7H2,(H2,14,17)(H,16,18). The zero-order chi connectivity index (χ0) is 13.2. The van der Waals surface area contributed by atoms with E-state index < -0.39 is 0 Å². The Bertz CT molecular complexity index is 465. The van der Waals surface area contributed by atoms with Gasteiger partial charge in [0.05, 0.1) is 0 Å². The van der Waals surface area contributed by atoms with E-state index in [0.717, 1.165) is 30.3 Å². The van der Waals surface area contributed by atoms with E-state index >= 15 is 0 Å². The van der Waals surface area contributed by atoms with Crippen LogP contribution in [0.3, 0.4) is 0 Å². The fourth-order valence-electron chi connectivity index (χ4n) is 2.30. The largest absolute Gasteiger partial charge is 0.382 e. The Morgan fingerprint density at radius 3 is 2.79 bits per heavy atom. The number of hydrogen-bond acceptors (Lipinski definition) is 5. The summed E-state index contributed by atoms with van der Waals surface area (Å²) < 4.78 is 4.09. The van der Waals surface area contributed by atoms with Crippen molar-refractivity contribution >= 4 is 28.3 Å². The van der Waals surface area contributed by atoms with Crippen LogP contribution in [0.2, 0.25) is 0 Å². The van der Waals surface area contributed by atoms with Gasteiger partial charge >= 0.3 is 0 Å². The van der Waals surface area contributed by atoms with E-state index in [1.807, 2.05) is 0 Å². The molecule has 2 saturated carbocycles. The molecule has 104 valence electrons. The van der Waals surface area contributed by atoms with Crippen LogP contribution in [0.5, 0.6) is 0 Å². The van der Waals surface area contributed by atoms with Crippen LogP contribution in [0.4, 0.5) is 10.8 Å². The lowest BCUT2D eigenvalue weighted by Crippen LogP contribution is -2.26. The van der Waals surface area contributed by atoms with Gasteiger partial charge in [-0.05, 0) is 36.7 Å². The highest BCUT2D eigenvalue weighted by atomic mass is 32.1. The maximum absolute atomic E-state index is 12.1. The molecule has 1 aromatic heterocycles. The Hall–Kier alpha value is -1.30. The van der Waals surface area contributed by atoms with E-state index in [4.69, 9.17) is 5.73 Å². The van der Waals surface area contributed by atoms with Crippen LogP contribution in [0.1, 0.15) is 48.9 Å². The molecular weight excluding hydrogens is 260 g/mol. The highest BCUT2D eigenvalue weighted by Crippen LogP contribution is 2.31. The van der Waals surface area contributed by atoms with Gasteiger partial charge in [-0.1, -0.05) is 19.3 Å². The third-order valence-electron chi connectivity index (χ3n) is 3.92. The second-order valence-electron chi connectivity index (χ2n) is 5.53. The molecular formula is C13H20N4OS. The molecule has 0 radical (unpaired) electrons. The molecule has 0 aromatic carbocycles. The summed E-state index contributed by atoms with van der Waals surface area (Å²) in [5.41, 5.74) is 6.34. The van der Waals surface area contributed by atoms with Gasteiger partial charge in [-0.2, -0.15) is 4.37 Å². The van der Waals surface area contributed by atoms with Gasteiger partial charge in [0.2, 0.25) is 0 Å². The van der Waals surface area contributed by atoms with Gasteiger partial charge < -0.3 is 16.4 Å². The summed E-state index contributed by atoms with van der Waals surface area (Å²) in [4.78, 5) is 12.1. The highest BCUT2D eigenvalue weighted by molar-refractivity contribution is 7.11. The van der Waals surface area contributed by atoms with E-state index in [9.17, 15) is 4.79 Å². The summed E-state index contributed by atoms with van der Waals surface area (Å²) in [5.74, 6) is 1.12. The Morgan fingerprint density at radius 1 is 1.37 bits per heavy atom. The summed E-state index contributed by atoms with van der Waals surface area (Å²) in [7, 11) is 0. The molecule has 19 heavy (non-hydrogen) atoms. The average molecular weight is 280 g/mol. The van der Waals surface area contributed by atoms with Crippen molar-refractivity contribution in [2.75, 3.05) is 17.6 Å². The highest BCUT2D eigenvalue weighted by Gasteiger charge is 2.27. The molecule has 2 aliphatic rings. The van der Waals surface area contributed by atoms with Crippen LogP contribution in [0.25, 0.3) is 0 Å². The molecule has 0 saturated heterocycles. The lowest BCUT2D eigenvalue weighted by atomic mass is 9.83. The predicted molar refractivity (Wildman–Crippen MR) is 77.5 cm³/mol. The quantitative estimate of drug-likeness (QED) is 0.746. The van der Waals surface area contributed by atoms with Crippen molar-refractivity contribution in [3.8, 4) is 0 Å². The van der Waals surface area contributed by atoms with Gasteiger partial charge in [0, 0.05) is 12.6 Å². The molecule has 0 unspecified atom stereocenters. The van der Waals surface area contributed by atoms with Crippen molar-refractivity contribution < 1.29 is 4.79 Å². The molecule has 4 N–H and O–H groups in total. The van der Waals surface area contributed by atoms with Gasteiger partial charge in [-0.3, -0.25) is 4.79 Å². The lowest BCUT2D eigenvalue weighted by Gasteiger charge is -2.25. The second kappa shape index (κ2) is 5.36. The Morgan fingerprint density at radius 2 is 2.16 bits per heavy atom. The minimum atomic E-state index is -0.0834. The van der Waals surface area contributed by atoms with Gasteiger partial charge in [0.25, 0.3) is 5.91 Å². The SMILES string of the molecule is Nc1nsc(NCCC2CCC2)c1C(=O)NC1CC1. The van der Waals surface area contributed by atoms with Gasteiger partial charge in [0.15, 0.2) is 5.82 Å². The fraction of sp³-hybridized carbons (Fsp3) is 0.692. The third-order valence-corrected chi connectivity index (χ3v) is 4.74. The number of nitrogens with one attached hydrogen (secondary N) is 2. The number of anilines is 2. The smallest absolute Gasteiger partial charge is 0.258 e. The molecule has 0 aliphatic heterocycles. The number of hydrogen-bond donors (Lipinski definition) is 3. The van der Waals surface area contributed by atoms with E-state index in [0.29, 0.717) is 17.4 Å². The third kappa shape index (κ3) is 3.00. The first kappa shape index (κ1) is 12.7. The number of rotatable bonds is 6. The van der Waals surface area contributed by atoms with Crippen LogP contribution in [-0.4, -0.2) is 22.9 Å². The minimum Gasteiger partial charge on any atom is -0.382 e. The first-order chi connectivity index (χ1) is 9.24. The fourth-order valence-corrected chi connectivity index (χ4v) is 3.04. The molecule has 1 aromatic rings. The maximum atomic E-state index is 12.1. The van der Waals surface area contributed by atoms with Crippen LogP contribution in [-0.2, 0) is 0 Å². The molecule has 3 rings (SSSR count). The molecule has 1 heterocycles. The predicted octanol–water partition coefficient (Wildman–Crippen LogP) is 2.22. The van der Waals surface area contributed by atoms with E-state index in [1.54, 1.807) is 0 Å². The first-order valence-electron chi connectivity index (χ1n) is 7.04. The summed E-state index contributed by atoms with van der Waals surface area (Å²) in [6.45, 7) is 0.899. The molecule has 0 atom stereocenters. The van der Waals surface area contributed by atoms with E-state index in [1.165, 1.54) is 37.2 Å². The number of nitrogens with zero attached hydrogens (tertiary/aromatic N) is 1. The lowest BCUT2D eigenvalue weighted by molar-refractivity contribution is 0.0953. The van der Waals surface area contributed by atoms with E-state index in [-0.39, 0.29) is 5.91 Å². The maximum Gasteiger partial charge on any atom is 0.258 e. The van der Waals surface area contributed by atoms with Crippen molar-refractivity contribution in [1.82, 2.24) is 9.69 Å². The van der Waals surface area contributed by atoms with Crippen molar-refractivity contribution in [2.45, 2.75) is 44.6 Å². The Balaban J connectivity index is 1.58. The van der Waals surface area contributed by atoms with E-state index in [2.05, 4.69) is 15.0 Å². The molecule has 6 heteroatoms. The Labute approximate surface area is 117 Å². The van der Waals surface area contributed by atoms with Gasteiger partial charge in [-0.25, -0.2) is 0 Å². The minimum absolute atomic E-state index is 0.0834.